The highest BCUT2D eigenvalue weighted by Gasteiger charge is 2.10. The summed E-state index contributed by atoms with van der Waals surface area (Å²) < 4.78 is 10.6. The van der Waals surface area contributed by atoms with Crippen LogP contribution in [0.1, 0.15) is 5.56 Å². The summed E-state index contributed by atoms with van der Waals surface area (Å²) in [4.78, 5) is 0. The van der Waals surface area contributed by atoms with Crippen LogP contribution in [0.2, 0.25) is 0 Å². The lowest BCUT2D eigenvalue weighted by Crippen LogP contribution is -2.15. The Labute approximate surface area is 70.5 Å². The molecule has 1 aromatic rings. The second-order valence-corrected chi connectivity index (χ2v) is 2.64. The fourth-order valence-corrected chi connectivity index (χ4v) is 1.19. The van der Waals surface area contributed by atoms with Gasteiger partial charge in [-0.15, -0.1) is 0 Å². The van der Waals surface area contributed by atoms with E-state index in [1.807, 2.05) is 12.1 Å². The van der Waals surface area contributed by atoms with E-state index >= 15 is 0 Å². The predicted molar refractivity (Wildman–Crippen MR) is 43.4 cm³/mol. The van der Waals surface area contributed by atoms with Crippen LogP contribution in [0.4, 0.5) is 0 Å². The van der Waals surface area contributed by atoms with Crippen LogP contribution in [0, 0.1) is 0 Å². The third-order valence-corrected chi connectivity index (χ3v) is 1.79. The van der Waals surface area contributed by atoms with Crippen molar-refractivity contribution in [2.45, 2.75) is 6.61 Å². The summed E-state index contributed by atoms with van der Waals surface area (Å²) in [6, 6.07) is 5.45. The highest BCUT2D eigenvalue weighted by Crippen LogP contribution is 2.30. The van der Waals surface area contributed by atoms with Gasteiger partial charge in [0.2, 0.25) is 0 Å². The van der Waals surface area contributed by atoms with Crippen LogP contribution in [0.3, 0.4) is 0 Å². The standard InChI is InChI=1S/C9H10O3/c10-6-7-1-2-8-9(5-7)12-4-3-11-8/h1-2,5,10H,3-4,6H2. The molecule has 0 saturated carbocycles. The van der Waals surface area contributed by atoms with Gasteiger partial charge < -0.3 is 14.6 Å². The first kappa shape index (κ1) is 7.43. The molecular weight excluding hydrogens is 156 g/mol. The van der Waals surface area contributed by atoms with Gasteiger partial charge in [0.05, 0.1) is 6.61 Å². The number of aliphatic hydroxyl groups excluding tert-OH is 1. The second kappa shape index (κ2) is 3.03. The van der Waals surface area contributed by atoms with Crippen molar-refractivity contribution in [3.63, 3.8) is 0 Å². The van der Waals surface area contributed by atoms with Crippen molar-refractivity contribution in [1.29, 1.82) is 0 Å². The van der Waals surface area contributed by atoms with Gasteiger partial charge in [0.25, 0.3) is 0 Å². The fourth-order valence-electron chi connectivity index (χ4n) is 1.19. The molecule has 64 valence electrons. The molecule has 0 bridgehead atoms. The largest absolute Gasteiger partial charge is 0.486 e. The summed E-state index contributed by atoms with van der Waals surface area (Å²) in [7, 11) is 0. The number of ether oxygens (including phenoxy) is 2. The van der Waals surface area contributed by atoms with Crippen molar-refractivity contribution >= 4 is 0 Å². The molecule has 0 spiro atoms. The molecule has 3 nitrogen and oxygen atoms in total. The zero-order valence-corrected chi connectivity index (χ0v) is 6.62. The molecule has 0 fully saturated rings. The molecule has 0 radical (unpaired) electrons. The van der Waals surface area contributed by atoms with Gasteiger partial charge in [0.15, 0.2) is 11.5 Å². The molecule has 0 amide bonds. The second-order valence-electron chi connectivity index (χ2n) is 2.64. The third-order valence-electron chi connectivity index (χ3n) is 1.79. The van der Waals surface area contributed by atoms with Gasteiger partial charge >= 0.3 is 0 Å². The summed E-state index contributed by atoms with van der Waals surface area (Å²) >= 11 is 0. The Kier molecular flexibility index (Phi) is 1.87. The van der Waals surface area contributed by atoms with Crippen LogP contribution < -0.4 is 9.47 Å². The SMILES string of the molecule is OCc1ccc2c(c1)OCCO2. The first-order valence-electron chi connectivity index (χ1n) is 3.89. The molecule has 1 aliphatic heterocycles. The van der Waals surface area contributed by atoms with Crippen LogP contribution in [-0.4, -0.2) is 18.3 Å². The van der Waals surface area contributed by atoms with Gasteiger partial charge in [0.1, 0.15) is 13.2 Å². The van der Waals surface area contributed by atoms with Gasteiger partial charge in [-0.25, -0.2) is 0 Å². The maximum absolute atomic E-state index is 8.84. The summed E-state index contributed by atoms with van der Waals surface area (Å²) in [6.07, 6.45) is 0. The van der Waals surface area contributed by atoms with Crippen LogP contribution in [-0.2, 0) is 6.61 Å². The topological polar surface area (TPSA) is 38.7 Å². The molecule has 1 aliphatic rings. The maximum atomic E-state index is 8.84. The van der Waals surface area contributed by atoms with E-state index in [0.717, 1.165) is 17.1 Å². The van der Waals surface area contributed by atoms with Crippen molar-refractivity contribution in [2.24, 2.45) is 0 Å². The quantitative estimate of drug-likeness (QED) is 0.675. The summed E-state index contributed by atoms with van der Waals surface area (Å²) in [6.45, 7) is 1.23. The Morgan fingerprint density at radius 2 is 1.92 bits per heavy atom. The molecule has 0 unspecified atom stereocenters. The monoisotopic (exact) mass is 166 g/mol. The first-order chi connectivity index (χ1) is 5.90. The Morgan fingerprint density at radius 1 is 1.17 bits per heavy atom. The smallest absolute Gasteiger partial charge is 0.161 e. The van der Waals surface area contributed by atoms with E-state index in [2.05, 4.69) is 0 Å². The van der Waals surface area contributed by atoms with Crippen molar-refractivity contribution in [2.75, 3.05) is 13.2 Å². The molecule has 1 aromatic carbocycles. The average Bonchev–Trinajstić information content (AvgIpc) is 2.17. The lowest BCUT2D eigenvalue weighted by molar-refractivity contribution is 0.171. The minimum atomic E-state index is 0.0383. The number of hydrogen-bond acceptors (Lipinski definition) is 3. The van der Waals surface area contributed by atoms with Crippen LogP contribution in [0.15, 0.2) is 18.2 Å². The van der Waals surface area contributed by atoms with Crippen LogP contribution >= 0.6 is 0 Å². The lowest BCUT2D eigenvalue weighted by atomic mass is 10.2. The predicted octanol–water partition coefficient (Wildman–Crippen LogP) is 0.950. The van der Waals surface area contributed by atoms with Crippen LogP contribution in [0.5, 0.6) is 11.5 Å². The summed E-state index contributed by atoms with van der Waals surface area (Å²) in [5.41, 5.74) is 0.847. The van der Waals surface area contributed by atoms with Crippen LogP contribution in [0.25, 0.3) is 0 Å². The Bertz CT molecular complexity index is 283. The van der Waals surface area contributed by atoms with E-state index in [4.69, 9.17) is 14.6 Å². The third kappa shape index (κ3) is 1.23. The zero-order valence-electron chi connectivity index (χ0n) is 6.62. The molecule has 2 rings (SSSR count). The summed E-state index contributed by atoms with van der Waals surface area (Å²) in [5.74, 6) is 1.49. The molecule has 1 heterocycles. The van der Waals surface area contributed by atoms with E-state index < -0.39 is 0 Å². The minimum absolute atomic E-state index is 0.0383. The van der Waals surface area contributed by atoms with E-state index in [1.54, 1.807) is 6.07 Å². The first-order valence-corrected chi connectivity index (χ1v) is 3.89. The molecular formula is C9H10O3. The Morgan fingerprint density at radius 3 is 2.67 bits per heavy atom. The molecule has 12 heavy (non-hydrogen) atoms. The summed E-state index contributed by atoms with van der Waals surface area (Å²) in [5, 5.41) is 8.84. The Balaban J connectivity index is 2.36. The fraction of sp³-hybridized carbons (Fsp3) is 0.333. The zero-order chi connectivity index (χ0) is 8.39. The molecule has 0 aliphatic carbocycles. The van der Waals surface area contributed by atoms with E-state index in [0.29, 0.717) is 13.2 Å². The van der Waals surface area contributed by atoms with Crippen molar-refractivity contribution in [3.8, 4) is 11.5 Å². The lowest BCUT2D eigenvalue weighted by Gasteiger charge is -2.18. The van der Waals surface area contributed by atoms with Gasteiger partial charge in [0, 0.05) is 0 Å². The number of aliphatic hydroxyl groups is 1. The van der Waals surface area contributed by atoms with Gasteiger partial charge in [-0.3, -0.25) is 0 Å². The molecule has 3 heteroatoms. The highest BCUT2D eigenvalue weighted by atomic mass is 16.6. The van der Waals surface area contributed by atoms with Crippen molar-refractivity contribution in [1.82, 2.24) is 0 Å². The van der Waals surface area contributed by atoms with Gasteiger partial charge in [-0.05, 0) is 17.7 Å². The molecule has 0 atom stereocenters. The van der Waals surface area contributed by atoms with Crippen molar-refractivity contribution in [3.05, 3.63) is 23.8 Å². The average molecular weight is 166 g/mol. The molecule has 1 N–H and O–H groups in total. The Hall–Kier alpha value is -1.22. The normalized spacial score (nSPS) is 14.4. The minimum Gasteiger partial charge on any atom is -0.486 e. The molecule has 0 aromatic heterocycles. The van der Waals surface area contributed by atoms with E-state index in [-0.39, 0.29) is 6.61 Å². The van der Waals surface area contributed by atoms with E-state index in [1.165, 1.54) is 0 Å². The number of rotatable bonds is 1. The number of fused-ring (bicyclic) bond motifs is 1. The van der Waals surface area contributed by atoms with E-state index in [9.17, 15) is 0 Å². The number of benzene rings is 1. The van der Waals surface area contributed by atoms with Gasteiger partial charge in [-0.2, -0.15) is 0 Å². The molecule has 0 saturated heterocycles. The number of hydrogen-bond donors (Lipinski definition) is 1. The van der Waals surface area contributed by atoms with Crippen molar-refractivity contribution < 1.29 is 14.6 Å². The maximum Gasteiger partial charge on any atom is 0.161 e. The highest BCUT2D eigenvalue weighted by molar-refractivity contribution is 5.43. The van der Waals surface area contributed by atoms with Gasteiger partial charge in [-0.1, -0.05) is 6.07 Å².